The number of carbonyl (C=O) groups is 4. The number of carbonyl (C=O) groups excluding carboxylic acids is 2. The van der Waals surface area contributed by atoms with Crippen LogP contribution in [-0.4, -0.2) is 63.3 Å². The Bertz CT molecular complexity index is 1740. The molecule has 290 valence electrons. The molecule has 0 amide bonds. The maximum atomic E-state index is 12.1. The summed E-state index contributed by atoms with van der Waals surface area (Å²) in [5.41, 5.74) is -0.231. The molecule has 8 nitrogen and oxygen atoms in total. The van der Waals surface area contributed by atoms with Crippen LogP contribution in [0.15, 0.2) is 146 Å². The molecular weight excluding hydrogens is 725 g/mol. The Labute approximate surface area is 328 Å². The van der Waals surface area contributed by atoms with Crippen molar-refractivity contribution in [2.75, 3.05) is 6.61 Å². The number of hydrogen-bond acceptors (Lipinski definition) is 6. The number of carboxylic acids is 2. The average molecular weight is 779 g/mol. The third kappa shape index (κ3) is 14.1. The number of benzene rings is 4. The van der Waals surface area contributed by atoms with E-state index in [2.05, 4.69) is 113 Å². The molecule has 0 aliphatic carbocycles. The summed E-state index contributed by atoms with van der Waals surface area (Å²) in [6, 6.07) is 42.9. The smallest absolute Gasteiger partial charge is 0.331 e. The number of unbranched alkanes of at least 4 members (excludes halogenated alkanes) is 2. The first-order valence-electron chi connectivity index (χ1n) is 18.8. The summed E-state index contributed by atoms with van der Waals surface area (Å²) in [6.07, 6.45) is 7.95. The van der Waals surface area contributed by atoms with Crippen molar-refractivity contribution in [3.63, 3.8) is 0 Å². The third-order valence-corrected chi connectivity index (χ3v) is 19.2. The minimum Gasteiger partial charge on any atom is -0.478 e. The highest BCUT2D eigenvalue weighted by molar-refractivity contribution is 7.04. The van der Waals surface area contributed by atoms with Crippen LogP contribution in [0.25, 0.3) is 0 Å². The zero-order valence-corrected chi connectivity index (χ0v) is 34.5. The van der Waals surface area contributed by atoms with Crippen LogP contribution in [0, 0.1) is 0 Å². The molecule has 0 aliphatic rings. The lowest BCUT2D eigenvalue weighted by atomic mass is 10.2. The lowest BCUT2D eigenvalue weighted by Crippen LogP contribution is -2.64. The van der Waals surface area contributed by atoms with E-state index in [4.69, 9.17) is 19.7 Å². The van der Waals surface area contributed by atoms with Crippen LogP contribution in [-0.2, 0) is 28.7 Å². The molecule has 0 fully saturated rings. The second kappa shape index (κ2) is 22.8. The first-order chi connectivity index (χ1) is 26.4. The van der Waals surface area contributed by atoms with Crippen LogP contribution in [0.3, 0.4) is 0 Å². The molecule has 0 aliphatic heterocycles. The molecule has 0 saturated heterocycles. The van der Waals surface area contributed by atoms with E-state index >= 15 is 0 Å². The van der Waals surface area contributed by atoms with Gasteiger partial charge in [-0.3, -0.25) is 0 Å². The molecule has 55 heavy (non-hydrogen) atoms. The van der Waals surface area contributed by atoms with E-state index in [1.165, 1.54) is 20.7 Å². The fourth-order valence-corrected chi connectivity index (χ4v) is 16.0. The maximum absolute atomic E-state index is 12.1. The van der Waals surface area contributed by atoms with Gasteiger partial charge >= 0.3 is 23.9 Å². The molecule has 1 atom stereocenters. The zero-order chi connectivity index (χ0) is 40.1. The van der Waals surface area contributed by atoms with Crippen molar-refractivity contribution >= 4 is 61.5 Å². The molecular formula is C45H54O8Si2. The monoisotopic (exact) mass is 778 g/mol. The highest BCUT2D eigenvalue weighted by Gasteiger charge is 2.46. The van der Waals surface area contributed by atoms with Gasteiger partial charge in [-0.15, -0.1) is 0 Å². The SMILES string of the molecule is CC(C)(C)[Si](CCCCOC(=O)/C=C\C(=O)O)(c1ccccc1)c1ccccc1.CCCCC(OC(=O)/C=C/C(=O)O)[SiH](c1ccccc1)c1ccccc1. The van der Waals surface area contributed by atoms with E-state index in [1.54, 1.807) is 0 Å². The summed E-state index contributed by atoms with van der Waals surface area (Å²) >= 11 is 0. The Hall–Kier alpha value is -5.33. The Morgan fingerprint density at radius 2 is 1.07 bits per heavy atom. The minimum absolute atomic E-state index is 0.108. The predicted molar refractivity (Wildman–Crippen MR) is 225 cm³/mol. The van der Waals surface area contributed by atoms with Gasteiger partial charge in [-0.25, -0.2) is 19.2 Å². The van der Waals surface area contributed by atoms with Gasteiger partial charge < -0.3 is 19.7 Å². The Balaban J connectivity index is 0.000000297. The van der Waals surface area contributed by atoms with E-state index in [-0.39, 0.29) is 10.8 Å². The van der Waals surface area contributed by atoms with Gasteiger partial charge in [0.25, 0.3) is 0 Å². The number of rotatable bonds is 18. The summed E-state index contributed by atoms with van der Waals surface area (Å²) in [7, 11) is -3.92. The normalized spacial score (nSPS) is 12.2. The molecule has 4 aromatic rings. The molecule has 0 radical (unpaired) electrons. The predicted octanol–water partition coefficient (Wildman–Crippen LogP) is 6.32. The summed E-state index contributed by atoms with van der Waals surface area (Å²) < 4.78 is 10.9. The van der Waals surface area contributed by atoms with E-state index in [9.17, 15) is 19.2 Å². The number of hydrogen-bond donors (Lipinski definition) is 2. The Morgan fingerprint density at radius 3 is 1.49 bits per heavy atom. The van der Waals surface area contributed by atoms with E-state index in [0.717, 1.165) is 62.5 Å². The molecule has 0 bridgehead atoms. The van der Waals surface area contributed by atoms with Crippen molar-refractivity contribution in [2.24, 2.45) is 0 Å². The van der Waals surface area contributed by atoms with Crippen molar-refractivity contribution < 1.29 is 38.9 Å². The highest BCUT2D eigenvalue weighted by Crippen LogP contribution is 2.39. The van der Waals surface area contributed by atoms with E-state index in [1.807, 2.05) is 36.4 Å². The van der Waals surface area contributed by atoms with Crippen molar-refractivity contribution in [3.8, 4) is 0 Å². The van der Waals surface area contributed by atoms with Crippen molar-refractivity contribution in [1.29, 1.82) is 0 Å². The number of aliphatic carboxylic acids is 2. The minimum atomic E-state index is -2.09. The van der Waals surface area contributed by atoms with E-state index in [0.29, 0.717) is 6.61 Å². The topological polar surface area (TPSA) is 127 Å². The van der Waals surface area contributed by atoms with Crippen LogP contribution >= 0.6 is 0 Å². The lowest BCUT2D eigenvalue weighted by molar-refractivity contribution is -0.140. The summed E-state index contributed by atoms with van der Waals surface area (Å²) in [6.45, 7) is 9.38. The lowest BCUT2D eigenvalue weighted by Gasteiger charge is -2.44. The zero-order valence-electron chi connectivity index (χ0n) is 32.3. The Morgan fingerprint density at radius 1 is 0.636 bits per heavy atom. The molecule has 0 heterocycles. The summed E-state index contributed by atoms with van der Waals surface area (Å²) in [4.78, 5) is 44.8. The first kappa shape index (κ1) is 44.1. The van der Waals surface area contributed by atoms with Gasteiger partial charge in [-0.05, 0) is 23.9 Å². The van der Waals surface area contributed by atoms with Crippen LogP contribution in [0.5, 0.6) is 0 Å². The standard InChI is InChI=1S/C24H30O4Si.C21H24O4Si/c1-24(2,3)29(20-12-6-4-7-13-20,21-14-8-5-9-15-21)19-11-10-18-28-23(27)17-16-22(25)26;1-2-3-14-21(25-20(24)16-15-19(22)23)26(17-10-6-4-7-11-17)18-12-8-5-9-13-18/h4-9,12-17H,10-11,18-19H2,1-3H3,(H,25,26);4-13,15-16,21,26H,2-3,14H2,1H3,(H,22,23)/b17-16-;16-15+. The fraction of sp³-hybridized carbons (Fsp3) is 0.289. The van der Waals surface area contributed by atoms with Crippen LogP contribution in [0.2, 0.25) is 11.1 Å². The Kier molecular flexibility index (Phi) is 18.3. The molecule has 2 N–H and O–H groups in total. The summed E-state index contributed by atoms with van der Waals surface area (Å²) in [5.74, 6) is -3.53. The van der Waals surface area contributed by atoms with Crippen LogP contribution in [0.1, 0.15) is 59.8 Å². The second-order valence-corrected chi connectivity index (χ2v) is 22.3. The quantitative estimate of drug-likeness (QED) is 0.0520. The van der Waals surface area contributed by atoms with Crippen LogP contribution in [0.4, 0.5) is 0 Å². The van der Waals surface area contributed by atoms with Gasteiger partial charge in [-0.2, -0.15) is 0 Å². The fourth-order valence-electron chi connectivity index (χ4n) is 6.96. The van der Waals surface area contributed by atoms with Gasteiger partial charge in [0.15, 0.2) is 0 Å². The molecule has 1 unspecified atom stereocenters. The van der Waals surface area contributed by atoms with Gasteiger partial charge in [0, 0.05) is 24.3 Å². The van der Waals surface area contributed by atoms with Crippen molar-refractivity contribution in [2.45, 2.75) is 76.6 Å². The molecule has 0 aromatic heterocycles. The first-order valence-corrected chi connectivity index (χ1v) is 22.8. The van der Waals surface area contributed by atoms with E-state index < -0.39 is 40.7 Å². The van der Waals surface area contributed by atoms with Crippen molar-refractivity contribution in [1.82, 2.24) is 0 Å². The molecule has 0 spiro atoms. The number of esters is 2. The molecule has 4 rings (SSSR count). The highest BCUT2D eigenvalue weighted by atomic mass is 28.3. The van der Waals surface area contributed by atoms with Crippen LogP contribution < -0.4 is 20.7 Å². The molecule has 0 saturated carbocycles. The van der Waals surface area contributed by atoms with Gasteiger partial charge in [-0.1, -0.05) is 189 Å². The molecule has 4 aromatic carbocycles. The maximum Gasteiger partial charge on any atom is 0.331 e. The second-order valence-electron chi connectivity index (χ2n) is 14.3. The van der Waals surface area contributed by atoms with Gasteiger partial charge in [0.05, 0.1) is 12.3 Å². The van der Waals surface area contributed by atoms with Crippen molar-refractivity contribution in [3.05, 3.63) is 146 Å². The third-order valence-electron chi connectivity index (χ3n) is 9.53. The number of carboxylic acid groups (broad SMARTS) is 2. The van der Waals surface area contributed by atoms with Gasteiger partial charge in [0.1, 0.15) is 16.9 Å². The number of ether oxygens (including phenoxy) is 2. The molecule has 10 heteroatoms. The average Bonchev–Trinajstić information content (AvgIpc) is 3.18. The van der Waals surface area contributed by atoms with Gasteiger partial charge in [0.2, 0.25) is 0 Å². The summed E-state index contributed by atoms with van der Waals surface area (Å²) in [5, 5.41) is 22.6. The largest absolute Gasteiger partial charge is 0.478 e.